The first-order chi connectivity index (χ1) is 20.7. The van der Waals surface area contributed by atoms with Crippen molar-refractivity contribution in [3.05, 3.63) is 139 Å². The van der Waals surface area contributed by atoms with Crippen molar-refractivity contribution in [1.82, 2.24) is 20.3 Å². The van der Waals surface area contributed by atoms with Crippen LogP contribution in [0.5, 0.6) is 0 Å². The third kappa shape index (κ3) is 4.93. The summed E-state index contributed by atoms with van der Waals surface area (Å²) in [5, 5.41) is 8.23. The average molecular weight is 543 g/mol. The molecule has 4 heteroatoms. The van der Waals surface area contributed by atoms with E-state index in [-0.39, 0.29) is 6.04 Å². The molecule has 0 aliphatic carbocycles. The molecule has 0 bridgehead atoms. The van der Waals surface area contributed by atoms with Crippen molar-refractivity contribution in [2.24, 2.45) is 0 Å². The summed E-state index contributed by atoms with van der Waals surface area (Å²) in [5.74, 6) is 0.707. The van der Waals surface area contributed by atoms with Crippen LogP contribution in [0.1, 0.15) is 18.5 Å². The summed E-state index contributed by atoms with van der Waals surface area (Å²) in [4.78, 5) is 14.8. The first-order valence-corrected chi connectivity index (χ1v) is 14.3. The molecule has 1 N–H and O–H groups in total. The van der Waals surface area contributed by atoms with E-state index in [1.54, 1.807) is 0 Å². The maximum atomic E-state index is 5.16. The summed E-state index contributed by atoms with van der Waals surface area (Å²) in [6.45, 7) is 2.20. The molecule has 7 aromatic rings. The summed E-state index contributed by atoms with van der Waals surface area (Å²) in [7, 11) is 2.00. The van der Waals surface area contributed by atoms with Crippen LogP contribution < -0.4 is 5.32 Å². The fraction of sp³-hybridized carbons (Fsp3) is 0.0789. The lowest BCUT2D eigenvalue weighted by molar-refractivity contribution is 0.657. The van der Waals surface area contributed by atoms with Crippen LogP contribution in [0.15, 0.2) is 134 Å². The summed E-state index contributed by atoms with van der Waals surface area (Å²) in [6, 6.07) is 44.6. The van der Waals surface area contributed by atoms with Crippen LogP contribution in [0.3, 0.4) is 0 Å². The number of pyridine rings is 1. The van der Waals surface area contributed by atoms with Gasteiger partial charge in [0.1, 0.15) is 0 Å². The zero-order chi connectivity index (χ0) is 28.5. The smallest absolute Gasteiger partial charge is 0.160 e. The van der Waals surface area contributed by atoms with E-state index >= 15 is 0 Å². The van der Waals surface area contributed by atoms with E-state index in [4.69, 9.17) is 9.97 Å². The van der Waals surface area contributed by atoms with Gasteiger partial charge in [-0.05, 0) is 77.5 Å². The van der Waals surface area contributed by atoms with Crippen LogP contribution in [0, 0.1) is 0 Å². The molecule has 1 unspecified atom stereocenters. The molecule has 202 valence electrons. The third-order valence-corrected chi connectivity index (χ3v) is 7.96. The van der Waals surface area contributed by atoms with E-state index in [9.17, 15) is 0 Å². The molecular weight excluding hydrogens is 512 g/mol. The van der Waals surface area contributed by atoms with Crippen molar-refractivity contribution in [1.29, 1.82) is 0 Å². The van der Waals surface area contributed by atoms with Crippen molar-refractivity contribution in [3.8, 4) is 45.2 Å². The molecule has 42 heavy (non-hydrogen) atoms. The van der Waals surface area contributed by atoms with E-state index in [2.05, 4.69) is 126 Å². The largest absolute Gasteiger partial charge is 0.313 e. The highest BCUT2D eigenvalue weighted by Crippen LogP contribution is 2.34. The van der Waals surface area contributed by atoms with Gasteiger partial charge in [0.05, 0.1) is 17.1 Å². The second kappa shape index (κ2) is 11.0. The van der Waals surface area contributed by atoms with Crippen LogP contribution in [0.25, 0.3) is 66.7 Å². The first kappa shape index (κ1) is 25.8. The van der Waals surface area contributed by atoms with Crippen LogP contribution in [-0.2, 0) is 0 Å². The fourth-order valence-electron chi connectivity index (χ4n) is 5.55. The highest BCUT2D eigenvalue weighted by molar-refractivity contribution is 5.91. The Labute approximate surface area is 245 Å². The number of hydrogen-bond acceptors (Lipinski definition) is 4. The summed E-state index contributed by atoms with van der Waals surface area (Å²) >= 11 is 0. The normalized spacial score (nSPS) is 12.0. The summed E-state index contributed by atoms with van der Waals surface area (Å²) in [5.41, 5.74) is 8.14. The van der Waals surface area contributed by atoms with Gasteiger partial charge in [0.25, 0.3) is 0 Å². The predicted octanol–water partition coefficient (Wildman–Crippen LogP) is 9.13. The van der Waals surface area contributed by atoms with E-state index in [1.165, 1.54) is 27.1 Å². The first-order valence-electron chi connectivity index (χ1n) is 14.3. The minimum absolute atomic E-state index is 0.190. The van der Waals surface area contributed by atoms with Crippen molar-refractivity contribution >= 4 is 21.5 Å². The van der Waals surface area contributed by atoms with Gasteiger partial charge in [-0.15, -0.1) is 0 Å². The van der Waals surface area contributed by atoms with Crippen LogP contribution in [0.2, 0.25) is 0 Å². The number of hydrogen-bond donors (Lipinski definition) is 1. The van der Waals surface area contributed by atoms with E-state index < -0.39 is 0 Å². The molecule has 1 atom stereocenters. The van der Waals surface area contributed by atoms with Gasteiger partial charge < -0.3 is 5.32 Å². The Kier molecular flexibility index (Phi) is 6.75. The molecule has 0 aliphatic heterocycles. The summed E-state index contributed by atoms with van der Waals surface area (Å²) < 4.78 is 0. The highest BCUT2D eigenvalue weighted by atomic mass is 14.9. The van der Waals surface area contributed by atoms with Crippen LogP contribution >= 0.6 is 0 Å². The van der Waals surface area contributed by atoms with Crippen molar-refractivity contribution < 1.29 is 0 Å². The number of rotatable bonds is 6. The number of fused-ring (bicyclic) bond motifs is 2. The lowest BCUT2D eigenvalue weighted by Gasteiger charge is -2.17. The molecule has 0 saturated carbocycles. The minimum atomic E-state index is 0.190. The van der Waals surface area contributed by atoms with Gasteiger partial charge >= 0.3 is 0 Å². The van der Waals surface area contributed by atoms with Gasteiger partial charge in [-0.2, -0.15) is 0 Å². The molecule has 0 saturated heterocycles. The highest BCUT2D eigenvalue weighted by Gasteiger charge is 2.15. The quantitative estimate of drug-likeness (QED) is 0.228. The third-order valence-electron chi connectivity index (χ3n) is 7.96. The topological polar surface area (TPSA) is 50.7 Å². The van der Waals surface area contributed by atoms with Gasteiger partial charge in [-0.3, -0.25) is 4.98 Å². The zero-order valence-electron chi connectivity index (χ0n) is 23.6. The van der Waals surface area contributed by atoms with Gasteiger partial charge in [-0.25, -0.2) is 9.97 Å². The molecule has 2 aromatic heterocycles. The lowest BCUT2D eigenvalue weighted by atomic mass is 9.95. The maximum absolute atomic E-state index is 5.16. The summed E-state index contributed by atoms with van der Waals surface area (Å²) in [6.07, 6.45) is 1.82. The molecule has 5 aromatic carbocycles. The van der Waals surface area contributed by atoms with Gasteiger partial charge in [0.2, 0.25) is 0 Å². The SMILES string of the molecule is CNC(C)c1cc(-c2cc(-c3ccc(-c4ccccn4)cc3)nc(-c3ccc4ccccc4c3)n2)cc2ccccc12. The van der Waals surface area contributed by atoms with Gasteiger partial charge in [0.15, 0.2) is 5.82 Å². The van der Waals surface area contributed by atoms with Gasteiger partial charge in [0, 0.05) is 34.5 Å². The Hall–Kier alpha value is -5.19. The van der Waals surface area contributed by atoms with Crippen molar-refractivity contribution in [2.45, 2.75) is 13.0 Å². The average Bonchev–Trinajstić information content (AvgIpc) is 3.07. The lowest BCUT2D eigenvalue weighted by Crippen LogP contribution is -2.12. The fourth-order valence-corrected chi connectivity index (χ4v) is 5.55. The minimum Gasteiger partial charge on any atom is -0.313 e. The monoisotopic (exact) mass is 542 g/mol. The van der Waals surface area contributed by atoms with Gasteiger partial charge in [-0.1, -0.05) is 91.0 Å². The number of nitrogens with one attached hydrogen (secondary N) is 1. The number of benzene rings is 5. The van der Waals surface area contributed by atoms with E-state index in [1.807, 2.05) is 31.4 Å². The maximum Gasteiger partial charge on any atom is 0.160 e. The Balaban J connectivity index is 1.41. The molecule has 2 heterocycles. The van der Waals surface area contributed by atoms with Crippen molar-refractivity contribution in [3.63, 3.8) is 0 Å². The molecule has 0 spiro atoms. The zero-order valence-corrected chi connectivity index (χ0v) is 23.6. The number of nitrogens with zero attached hydrogens (tertiary/aromatic N) is 3. The molecule has 7 rings (SSSR count). The number of aromatic nitrogens is 3. The Morgan fingerprint density at radius 2 is 1.14 bits per heavy atom. The molecule has 0 amide bonds. The second-order valence-corrected chi connectivity index (χ2v) is 10.6. The second-order valence-electron chi connectivity index (χ2n) is 10.6. The molecule has 4 nitrogen and oxygen atoms in total. The Morgan fingerprint density at radius 3 is 1.88 bits per heavy atom. The standard InChI is InChI=1S/C38H30N4/c1-25(39-2)34-23-32(22-30-11-5-6-12-33(30)34)37-24-36(28-17-15-27(16-18-28)35-13-7-8-20-40-35)41-38(42-37)31-19-14-26-9-3-4-10-29(26)21-31/h3-25,39H,1-2H3. The van der Waals surface area contributed by atoms with Crippen LogP contribution in [0.4, 0.5) is 0 Å². The molecule has 0 aliphatic rings. The van der Waals surface area contributed by atoms with Crippen LogP contribution in [-0.4, -0.2) is 22.0 Å². The Morgan fingerprint density at radius 1 is 0.524 bits per heavy atom. The molecule has 0 radical (unpaired) electrons. The Bertz CT molecular complexity index is 2030. The molecular formula is C38H30N4. The van der Waals surface area contributed by atoms with E-state index in [0.29, 0.717) is 5.82 Å². The van der Waals surface area contributed by atoms with E-state index in [0.717, 1.165) is 39.3 Å². The predicted molar refractivity (Wildman–Crippen MR) is 174 cm³/mol. The molecule has 0 fully saturated rings. The van der Waals surface area contributed by atoms with Crippen molar-refractivity contribution in [2.75, 3.05) is 7.05 Å².